The van der Waals surface area contributed by atoms with Crippen LogP contribution in [0.5, 0.6) is 11.5 Å². The van der Waals surface area contributed by atoms with Crippen LogP contribution >= 0.6 is 0 Å². The van der Waals surface area contributed by atoms with Crippen LogP contribution in [0.2, 0.25) is 0 Å². The normalized spacial score (nSPS) is 14.2. The number of carbonyl (C=O) groups is 3. The molecule has 2 rings (SSSR count). The molecule has 2 atom stereocenters. The molecular formula is C39H58O8. The van der Waals surface area contributed by atoms with Crippen molar-refractivity contribution in [3.8, 4) is 11.5 Å². The Balaban J connectivity index is 2.94. The molecule has 0 aliphatic carbocycles. The maximum absolute atomic E-state index is 15.0. The van der Waals surface area contributed by atoms with E-state index in [0.29, 0.717) is 17.9 Å². The minimum Gasteiger partial charge on any atom is -0.497 e. The zero-order valence-electron chi connectivity index (χ0n) is 30.4. The number of methoxy groups -OCH3 is 2. The van der Waals surface area contributed by atoms with Gasteiger partial charge in [-0.25, -0.2) is 0 Å². The summed E-state index contributed by atoms with van der Waals surface area (Å²) in [6.45, 7) is 14.7. The summed E-state index contributed by atoms with van der Waals surface area (Å²) < 4.78 is 28.8. The molecule has 262 valence electrons. The van der Waals surface area contributed by atoms with Crippen molar-refractivity contribution in [2.75, 3.05) is 14.2 Å². The topological polar surface area (TPSA) is 97.4 Å². The molecule has 0 saturated heterocycles. The Labute approximate surface area is 282 Å². The number of carbonyl (C=O) groups excluding carboxylic acids is 3. The summed E-state index contributed by atoms with van der Waals surface area (Å²) in [5, 5.41) is 0. The Hall–Kier alpha value is -3.55. The fourth-order valence-corrected chi connectivity index (χ4v) is 5.95. The molecule has 8 heteroatoms. The maximum atomic E-state index is 15.0. The summed E-state index contributed by atoms with van der Waals surface area (Å²) in [6.07, 6.45) is 4.19. The third-order valence-corrected chi connectivity index (χ3v) is 8.19. The minimum atomic E-state index is -1.61. The highest BCUT2D eigenvalue weighted by Crippen LogP contribution is 2.48. The van der Waals surface area contributed by atoms with Crippen LogP contribution < -0.4 is 9.47 Å². The Morgan fingerprint density at radius 2 is 1.04 bits per heavy atom. The molecule has 0 heterocycles. The maximum Gasteiger partial charge on any atom is 0.314 e. The van der Waals surface area contributed by atoms with E-state index in [1.807, 2.05) is 48.5 Å². The number of rotatable bonds is 19. The van der Waals surface area contributed by atoms with E-state index < -0.39 is 53.0 Å². The third kappa shape index (κ3) is 12.2. The number of ether oxygens (including phenoxy) is 5. The van der Waals surface area contributed by atoms with Crippen LogP contribution in [-0.2, 0) is 41.4 Å². The van der Waals surface area contributed by atoms with Gasteiger partial charge in [0.25, 0.3) is 0 Å². The summed E-state index contributed by atoms with van der Waals surface area (Å²) in [4.78, 5) is 43.8. The van der Waals surface area contributed by atoms with Gasteiger partial charge in [0.2, 0.25) is 0 Å². The average molecular weight is 655 g/mol. The average Bonchev–Trinajstić information content (AvgIpc) is 3.00. The number of unbranched alkanes of at least 4 members (excludes halogenated alkanes) is 4. The van der Waals surface area contributed by atoms with E-state index in [2.05, 4.69) is 6.92 Å². The number of hydrogen-bond donors (Lipinski definition) is 0. The summed E-state index contributed by atoms with van der Waals surface area (Å²) in [5.74, 6) is -2.47. The van der Waals surface area contributed by atoms with Crippen molar-refractivity contribution < 1.29 is 38.1 Å². The van der Waals surface area contributed by atoms with Gasteiger partial charge in [0.1, 0.15) is 17.1 Å². The van der Waals surface area contributed by atoms with E-state index in [1.165, 1.54) is 0 Å². The molecule has 0 aromatic heterocycles. The molecule has 0 aliphatic heterocycles. The predicted octanol–water partition coefficient (Wildman–Crippen LogP) is 8.31. The molecule has 0 spiro atoms. The van der Waals surface area contributed by atoms with Crippen molar-refractivity contribution in [3.05, 3.63) is 59.7 Å². The van der Waals surface area contributed by atoms with Gasteiger partial charge in [-0.3, -0.25) is 14.4 Å². The van der Waals surface area contributed by atoms with Gasteiger partial charge in [-0.15, -0.1) is 0 Å². The van der Waals surface area contributed by atoms with Crippen molar-refractivity contribution >= 4 is 17.9 Å². The molecule has 2 aromatic carbocycles. The lowest BCUT2D eigenvalue weighted by Gasteiger charge is -2.44. The highest BCUT2D eigenvalue weighted by molar-refractivity contribution is 5.91. The van der Waals surface area contributed by atoms with E-state index in [4.69, 9.17) is 23.7 Å². The molecule has 47 heavy (non-hydrogen) atoms. The third-order valence-electron chi connectivity index (χ3n) is 8.19. The Morgan fingerprint density at radius 1 is 0.638 bits per heavy atom. The van der Waals surface area contributed by atoms with E-state index in [0.717, 1.165) is 36.8 Å². The molecule has 0 amide bonds. The first-order valence-corrected chi connectivity index (χ1v) is 17.1. The molecule has 2 unspecified atom stereocenters. The Bertz CT molecular complexity index is 1170. The fourth-order valence-electron chi connectivity index (χ4n) is 5.95. The lowest BCUT2D eigenvalue weighted by Crippen LogP contribution is -2.55. The summed E-state index contributed by atoms with van der Waals surface area (Å²) in [6, 6.07) is 14.8. The fraction of sp³-hybridized carbons (Fsp3) is 0.615. The molecule has 8 nitrogen and oxygen atoms in total. The smallest absolute Gasteiger partial charge is 0.314 e. The molecule has 0 saturated carbocycles. The lowest BCUT2D eigenvalue weighted by molar-refractivity contribution is -0.192. The second kappa shape index (κ2) is 18.7. The second-order valence-electron chi connectivity index (χ2n) is 13.9. The van der Waals surface area contributed by atoms with E-state index in [9.17, 15) is 14.4 Å². The molecule has 0 fully saturated rings. The van der Waals surface area contributed by atoms with Gasteiger partial charge >= 0.3 is 17.9 Å². The van der Waals surface area contributed by atoms with Gasteiger partial charge in [0.05, 0.1) is 43.7 Å². The zero-order chi connectivity index (χ0) is 35.2. The Kier molecular flexibility index (Phi) is 15.8. The van der Waals surface area contributed by atoms with Crippen molar-refractivity contribution in [2.24, 2.45) is 17.3 Å². The van der Waals surface area contributed by atoms with Crippen LogP contribution in [0.1, 0.15) is 105 Å². The molecule has 0 N–H and O–H groups in total. The molecular weight excluding hydrogens is 596 g/mol. The molecule has 2 aromatic rings. The van der Waals surface area contributed by atoms with Crippen molar-refractivity contribution in [1.29, 1.82) is 0 Å². The SMILES string of the molecule is CCCCCCCC(C(=O)OC(C)(C)C)(C(Cc1ccc(OC)cc1)C(=O)OC(C)C)C(Cc1ccc(OC)cc1)C(=O)OC(C)C. The number of esters is 3. The van der Waals surface area contributed by atoms with Gasteiger partial charge in [-0.2, -0.15) is 0 Å². The van der Waals surface area contributed by atoms with Crippen LogP contribution in [0.25, 0.3) is 0 Å². The van der Waals surface area contributed by atoms with Crippen LogP contribution in [0.15, 0.2) is 48.5 Å². The summed E-state index contributed by atoms with van der Waals surface area (Å²) in [5.41, 5.74) is -0.896. The van der Waals surface area contributed by atoms with Crippen LogP contribution in [-0.4, -0.2) is 49.9 Å². The minimum absolute atomic E-state index is 0.151. The van der Waals surface area contributed by atoms with Crippen molar-refractivity contribution in [2.45, 2.75) is 125 Å². The first kappa shape index (κ1) is 39.6. The quantitative estimate of drug-likeness (QED) is 0.0848. The number of hydrogen-bond acceptors (Lipinski definition) is 8. The predicted molar refractivity (Wildman–Crippen MR) is 184 cm³/mol. The highest BCUT2D eigenvalue weighted by Gasteiger charge is 2.59. The van der Waals surface area contributed by atoms with Crippen molar-refractivity contribution in [1.82, 2.24) is 0 Å². The summed E-state index contributed by atoms with van der Waals surface area (Å²) >= 11 is 0. The Morgan fingerprint density at radius 3 is 1.38 bits per heavy atom. The van der Waals surface area contributed by atoms with Gasteiger partial charge in [-0.1, -0.05) is 63.3 Å². The van der Waals surface area contributed by atoms with E-state index >= 15 is 0 Å². The first-order chi connectivity index (χ1) is 22.2. The summed E-state index contributed by atoms with van der Waals surface area (Å²) in [7, 11) is 3.18. The zero-order valence-corrected chi connectivity index (χ0v) is 30.4. The largest absolute Gasteiger partial charge is 0.497 e. The molecule has 0 aliphatic rings. The monoisotopic (exact) mass is 654 g/mol. The van der Waals surface area contributed by atoms with E-state index in [-0.39, 0.29) is 19.3 Å². The lowest BCUT2D eigenvalue weighted by atomic mass is 9.60. The van der Waals surface area contributed by atoms with Gasteiger partial charge < -0.3 is 23.7 Å². The van der Waals surface area contributed by atoms with Gasteiger partial charge in [0.15, 0.2) is 0 Å². The molecule has 0 bridgehead atoms. The first-order valence-electron chi connectivity index (χ1n) is 17.1. The standard InChI is InChI=1S/C39H58O8/c1-11-12-13-14-15-24-39(37(42)47-38(6,7)8,33(35(40)45-27(2)3)25-29-16-20-31(43-9)21-17-29)34(36(41)46-28(4)5)26-30-18-22-32(44-10)23-19-30/h16-23,27-28,33-34H,11-15,24-26H2,1-10H3. The van der Waals surface area contributed by atoms with Crippen LogP contribution in [0.4, 0.5) is 0 Å². The molecule has 0 radical (unpaired) electrons. The van der Waals surface area contributed by atoms with Crippen LogP contribution in [0.3, 0.4) is 0 Å². The van der Waals surface area contributed by atoms with Crippen LogP contribution in [0, 0.1) is 17.3 Å². The highest BCUT2D eigenvalue weighted by atomic mass is 16.6. The van der Waals surface area contributed by atoms with Gasteiger partial charge in [-0.05, 0) is 103 Å². The number of benzene rings is 2. The second-order valence-corrected chi connectivity index (χ2v) is 13.9. The van der Waals surface area contributed by atoms with Crippen molar-refractivity contribution in [3.63, 3.8) is 0 Å². The van der Waals surface area contributed by atoms with E-state index in [1.54, 1.807) is 62.7 Å². The van der Waals surface area contributed by atoms with Gasteiger partial charge in [0, 0.05) is 0 Å².